The predicted molar refractivity (Wildman–Crippen MR) is 52.2 cm³/mol. The highest BCUT2D eigenvalue weighted by molar-refractivity contribution is 5.65. The van der Waals surface area contributed by atoms with E-state index in [0.29, 0.717) is 0 Å². The van der Waals surface area contributed by atoms with E-state index in [4.69, 9.17) is 14.6 Å². The molecule has 17 heavy (non-hydrogen) atoms. The van der Waals surface area contributed by atoms with E-state index in [1.54, 1.807) is 0 Å². The van der Waals surface area contributed by atoms with Crippen LogP contribution in [0.5, 0.6) is 0 Å². The molecule has 2 aliphatic heterocycles. The average Bonchev–Trinajstić information content (AvgIpc) is 2.69. The molecule has 0 aromatic heterocycles. The molecule has 0 aromatic carbocycles. The van der Waals surface area contributed by atoms with E-state index in [9.17, 15) is 20.1 Å². The van der Waals surface area contributed by atoms with E-state index in [2.05, 4.69) is 0 Å². The monoisotopic (exact) mass is 249 g/mol. The van der Waals surface area contributed by atoms with Gasteiger partial charge in [0, 0.05) is 7.05 Å². The molecule has 8 heteroatoms. The molecule has 98 valence electrons. The maximum absolute atomic E-state index is 10.8. The summed E-state index contributed by atoms with van der Waals surface area (Å²) in [7, 11) is 1.25. The first-order chi connectivity index (χ1) is 7.93. The molecule has 5 atom stereocenters. The summed E-state index contributed by atoms with van der Waals surface area (Å²) in [6, 6.07) is -1.02. The molecular formula is C9H15NO7. The van der Waals surface area contributed by atoms with Crippen LogP contribution in [0.4, 0.5) is 4.79 Å². The summed E-state index contributed by atoms with van der Waals surface area (Å²) in [6.45, 7) is -0.596. The standard InChI is InChI=1S/C9H15NO7/c1-10(8(14)15)4-5(12)6(13)9(2-11)3-16-7(4)17-9/h4-7,11-13H,2-3H2,1H3,(H,14,15)/t4-,5-,6-,7+,9+/m1/s1. The Morgan fingerprint density at radius 2 is 2.18 bits per heavy atom. The Balaban J connectivity index is 2.25. The number of aliphatic hydroxyl groups excluding tert-OH is 3. The molecular weight excluding hydrogens is 234 g/mol. The molecule has 0 aromatic rings. The topological polar surface area (TPSA) is 120 Å². The highest BCUT2D eigenvalue weighted by Crippen LogP contribution is 2.38. The summed E-state index contributed by atoms with van der Waals surface area (Å²) in [4.78, 5) is 11.7. The van der Waals surface area contributed by atoms with Gasteiger partial charge in [-0.15, -0.1) is 0 Å². The number of hydrogen-bond acceptors (Lipinski definition) is 6. The lowest BCUT2D eigenvalue weighted by Gasteiger charge is -2.44. The Kier molecular flexibility index (Phi) is 3.00. The second kappa shape index (κ2) is 4.07. The van der Waals surface area contributed by atoms with Crippen LogP contribution in [0, 0.1) is 0 Å². The second-order valence-electron chi connectivity index (χ2n) is 4.34. The van der Waals surface area contributed by atoms with Gasteiger partial charge in [-0.25, -0.2) is 4.79 Å². The van der Waals surface area contributed by atoms with Gasteiger partial charge in [-0.3, -0.25) is 0 Å². The summed E-state index contributed by atoms with van der Waals surface area (Å²) in [5.74, 6) is 0. The van der Waals surface area contributed by atoms with Crippen LogP contribution in [0.1, 0.15) is 0 Å². The first-order valence-electron chi connectivity index (χ1n) is 5.15. The van der Waals surface area contributed by atoms with Gasteiger partial charge in [0.05, 0.1) is 13.2 Å². The molecule has 0 radical (unpaired) electrons. The molecule has 2 saturated heterocycles. The van der Waals surface area contributed by atoms with Gasteiger partial charge in [0.15, 0.2) is 6.29 Å². The first kappa shape index (κ1) is 12.5. The average molecular weight is 249 g/mol. The Labute approximate surface area is 97.0 Å². The lowest BCUT2D eigenvalue weighted by atomic mass is 9.88. The van der Waals surface area contributed by atoms with Crippen molar-refractivity contribution in [2.75, 3.05) is 20.3 Å². The largest absolute Gasteiger partial charge is 0.465 e. The fourth-order valence-corrected chi connectivity index (χ4v) is 2.22. The smallest absolute Gasteiger partial charge is 0.407 e. The molecule has 2 fully saturated rings. The molecule has 8 nitrogen and oxygen atoms in total. The van der Waals surface area contributed by atoms with Crippen molar-refractivity contribution >= 4 is 6.09 Å². The molecule has 0 saturated carbocycles. The van der Waals surface area contributed by atoms with Crippen LogP contribution >= 0.6 is 0 Å². The number of carbonyl (C=O) groups is 1. The number of amides is 1. The number of aliphatic hydroxyl groups is 3. The quantitative estimate of drug-likeness (QED) is 0.438. The summed E-state index contributed by atoms with van der Waals surface area (Å²) in [5, 5.41) is 37.8. The fraction of sp³-hybridized carbons (Fsp3) is 0.889. The number of nitrogens with zero attached hydrogens (tertiary/aromatic N) is 1. The van der Waals surface area contributed by atoms with Gasteiger partial charge in [-0.05, 0) is 0 Å². The van der Waals surface area contributed by atoms with Gasteiger partial charge < -0.3 is 34.8 Å². The van der Waals surface area contributed by atoms with Crippen molar-refractivity contribution < 1.29 is 34.7 Å². The third-order valence-corrected chi connectivity index (χ3v) is 3.35. The second-order valence-corrected chi connectivity index (χ2v) is 4.34. The molecule has 2 heterocycles. The minimum Gasteiger partial charge on any atom is -0.465 e. The lowest BCUT2D eigenvalue weighted by molar-refractivity contribution is -0.246. The van der Waals surface area contributed by atoms with Crippen molar-refractivity contribution in [2.24, 2.45) is 0 Å². The predicted octanol–water partition coefficient (Wildman–Crippen LogP) is -2.20. The van der Waals surface area contributed by atoms with Gasteiger partial charge >= 0.3 is 6.09 Å². The van der Waals surface area contributed by atoms with Crippen molar-refractivity contribution in [1.29, 1.82) is 0 Å². The maximum Gasteiger partial charge on any atom is 0.407 e. The third-order valence-electron chi connectivity index (χ3n) is 3.35. The van der Waals surface area contributed by atoms with Crippen LogP contribution in [-0.2, 0) is 9.47 Å². The Morgan fingerprint density at radius 1 is 1.53 bits per heavy atom. The lowest BCUT2D eigenvalue weighted by Crippen LogP contribution is -2.66. The van der Waals surface area contributed by atoms with Crippen LogP contribution in [0.3, 0.4) is 0 Å². The van der Waals surface area contributed by atoms with E-state index in [1.807, 2.05) is 0 Å². The van der Waals surface area contributed by atoms with Crippen molar-refractivity contribution in [3.63, 3.8) is 0 Å². The van der Waals surface area contributed by atoms with Gasteiger partial charge in [-0.2, -0.15) is 0 Å². The molecule has 4 N–H and O–H groups in total. The minimum atomic E-state index is -1.40. The van der Waals surface area contributed by atoms with Gasteiger partial charge in [0.1, 0.15) is 23.9 Å². The maximum atomic E-state index is 10.8. The number of rotatable bonds is 2. The number of hydrogen-bond donors (Lipinski definition) is 4. The minimum absolute atomic E-state index is 0.0870. The summed E-state index contributed by atoms with van der Waals surface area (Å²) in [6.07, 6.45) is -5.03. The summed E-state index contributed by atoms with van der Waals surface area (Å²) < 4.78 is 10.5. The number of ether oxygens (including phenoxy) is 2. The number of fused-ring (bicyclic) bond motifs is 2. The Bertz CT molecular complexity index is 324. The Hall–Kier alpha value is -0.930. The van der Waals surface area contributed by atoms with E-state index in [0.717, 1.165) is 4.90 Å². The van der Waals surface area contributed by atoms with Crippen molar-refractivity contribution in [3.05, 3.63) is 0 Å². The Morgan fingerprint density at radius 3 is 2.71 bits per heavy atom. The van der Waals surface area contributed by atoms with Crippen molar-refractivity contribution in [1.82, 2.24) is 4.90 Å². The highest BCUT2D eigenvalue weighted by Gasteiger charge is 2.60. The van der Waals surface area contributed by atoms with E-state index < -0.39 is 42.8 Å². The third kappa shape index (κ3) is 1.69. The van der Waals surface area contributed by atoms with Gasteiger partial charge in [-0.1, -0.05) is 0 Å². The van der Waals surface area contributed by atoms with Crippen molar-refractivity contribution in [2.45, 2.75) is 30.1 Å². The molecule has 0 unspecified atom stereocenters. The molecule has 2 aliphatic rings. The normalized spacial score (nSPS) is 44.7. The van der Waals surface area contributed by atoms with E-state index in [1.165, 1.54) is 7.05 Å². The van der Waals surface area contributed by atoms with Crippen LogP contribution in [-0.4, -0.2) is 81.8 Å². The zero-order chi connectivity index (χ0) is 12.8. The van der Waals surface area contributed by atoms with Crippen LogP contribution in [0.15, 0.2) is 0 Å². The van der Waals surface area contributed by atoms with Crippen LogP contribution in [0.2, 0.25) is 0 Å². The molecule has 2 rings (SSSR count). The van der Waals surface area contributed by atoms with Gasteiger partial charge in [0.25, 0.3) is 0 Å². The zero-order valence-electron chi connectivity index (χ0n) is 9.18. The number of carboxylic acid groups (broad SMARTS) is 1. The molecule has 1 amide bonds. The molecule has 2 bridgehead atoms. The van der Waals surface area contributed by atoms with Gasteiger partial charge in [0.2, 0.25) is 0 Å². The summed E-state index contributed by atoms with van der Waals surface area (Å²) >= 11 is 0. The highest BCUT2D eigenvalue weighted by atomic mass is 16.7. The van der Waals surface area contributed by atoms with Crippen LogP contribution < -0.4 is 0 Å². The molecule has 0 spiro atoms. The van der Waals surface area contributed by atoms with Crippen molar-refractivity contribution in [3.8, 4) is 0 Å². The zero-order valence-corrected chi connectivity index (χ0v) is 9.18. The summed E-state index contributed by atoms with van der Waals surface area (Å²) in [5.41, 5.74) is -1.36. The van der Waals surface area contributed by atoms with E-state index in [-0.39, 0.29) is 6.61 Å². The number of likely N-dealkylation sites (N-methyl/N-ethyl adjacent to an activating group) is 1. The first-order valence-corrected chi connectivity index (χ1v) is 5.15. The van der Waals surface area contributed by atoms with E-state index >= 15 is 0 Å². The molecule has 0 aliphatic carbocycles. The van der Waals surface area contributed by atoms with Crippen LogP contribution in [0.25, 0.3) is 0 Å². The fourth-order valence-electron chi connectivity index (χ4n) is 2.22. The SMILES string of the molecule is CN(C(=O)O)[C@H]1[C@H]2OC[C@](CO)(O2)[C@H](O)[C@@H]1O.